The first-order valence-corrected chi connectivity index (χ1v) is 5.18. The first-order valence-electron chi connectivity index (χ1n) is 5.18. The lowest BCUT2D eigenvalue weighted by molar-refractivity contribution is -0.142. The van der Waals surface area contributed by atoms with Crippen LogP contribution in [0.15, 0.2) is 0 Å². The second kappa shape index (κ2) is 7.76. The summed E-state index contributed by atoms with van der Waals surface area (Å²) in [7, 11) is 0. The number of unbranched alkanes of at least 4 members (excludes halogenated alkanes) is 1. The van der Waals surface area contributed by atoms with Crippen molar-refractivity contribution in [3.05, 3.63) is 0 Å². The molecule has 0 aliphatic carbocycles. The van der Waals surface area contributed by atoms with Crippen molar-refractivity contribution in [2.75, 3.05) is 6.54 Å². The molecule has 0 aliphatic heterocycles. The van der Waals surface area contributed by atoms with Gasteiger partial charge in [0.1, 0.15) is 0 Å². The molecule has 2 atom stereocenters. The van der Waals surface area contributed by atoms with E-state index in [9.17, 15) is 4.79 Å². The second-order valence-corrected chi connectivity index (χ2v) is 3.75. The molecule has 0 saturated heterocycles. The number of carbonyl (C=O) groups is 1. The van der Waals surface area contributed by atoms with Crippen molar-refractivity contribution in [2.24, 2.45) is 11.7 Å². The maximum atomic E-state index is 10.8. The van der Waals surface area contributed by atoms with Crippen LogP contribution in [0.1, 0.15) is 39.0 Å². The molecule has 4 N–H and O–H groups in total. The number of hydrogen-bond donors (Lipinski definition) is 3. The molecule has 14 heavy (non-hydrogen) atoms. The highest BCUT2D eigenvalue weighted by Crippen LogP contribution is 2.16. The third-order valence-electron chi connectivity index (χ3n) is 2.29. The van der Waals surface area contributed by atoms with Crippen LogP contribution in [-0.4, -0.2) is 28.8 Å². The van der Waals surface area contributed by atoms with Gasteiger partial charge in [0.2, 0.25) is 0 Å². The van der Waals surface area contributed by atoms with Crippen LogP contribution in [0.2, 0.25) is 0 Å². The summed E-state index contributed by atoms with van der Waals surface area (Å²) in [5, 5.41) is 17.9. The molecule has 0 spiro atoms. The zero-order chi connectivity index (χ0) is 11.0. The number of carboxylic acids is 1. The van der Waals surface area contributed by atoms with Crippen LogP contribution in [0.3, 0.4) is 0 Å². The molecule has 0 radical (unpaired) electrons. The summed E-state index contributed by atoms with van der Waals surface area (Å²) in [6, 6.07) is 0. The molecule has 0 aromatic rings. The van der Waals surface area contributed by atoms with Gasteiger partial charge in [0.15, 0.2) is 0 Å². The van der Waals surface area contributed by atoms with E-state index in [0.29, 0.717) is 25.8 Å². The topological polar surface area (TPSA) is 83.5 Å². The van der Waals surface area contributed by atoms with Gasteiger partial charge < -0.3 is 15.9 Å². The molecular weight excluding hydrogens is 182 g/mol. The maximum absolute atomic E-state index is 10.8. The Morgan fingerprint density at radius 2 is 1.93 bits per heavy atom. The Bertz CT molecular complexity index is 159. The Balaban J connectivity index is 3.72. The average Bonchev–Trinajstić information content (AvgIpc) is 2.10. The van der Waals surface area contributed by atoms with Gasteiger partial charge in [-0.25, -0.2) is 0 Å². The molecule has 84 valence electrons. The van der Waals surface area contributed by atoms with Crippen molar-refractivity contribution in [2.45, 2.75) is 45.1 Å². The van der Waals surface area contributed by atoms with Crippen LogP contribution in [0.25, 0.3) is 0 Å². The Hall–Kier alpha value is -0.610. The van der Waals surface area contributed by atoms with E-state index in [4.69, 9.17) is 15.9 Å². The monoisotopic (exact) mass is 203 g/mol. The van der Waals surface area contributed by atoms with Crippen LogP contribution < -0.4 is 5.73 Å². The van der Waals surface area contributed by atoms with E-state index in [1.807, 2.05) is 0 Å². The molecule has 0 saturated carbocycles. The van der Waals surface area contributed by atoms with Crippen molar-refractivity contribution < 1.29 is 15.0 Å². The Morgan fingerprint density at radius 3 is 2.36 bits per heavy atom. The number of hydrogen-bond acceptors (Lipinski definition) is 3. The van der Waals surface area contributed by atoms with Crippen LogP contribution in [-0.2, 0) is 4.79 Å². The number of aliphatic hydroxyl groups excluding tert-OH is 1. The predicted octanol–water partition coefficient (Wildman–Crippen LogP) is 0.977. The van der Waals surface area contributed by atoms with Gasteiger partial charge in [0.25, 0.3) is 0 Å². The SMILES string of the molecule is CC(O)CCC(CCCCN)C(=O)O. The average molecular weight is 203 g/mol. The predicted molar refractivity (Wildman–Crippen MR) is 54.9 cm³/mol. The van der Waals surface area contributed by atoms with E-state index < -0.39 is 12.1 Å². The van der Waals surface area contributed by atoms with E-state index in [-0.39, 0.29) is 5.92 Å². The first kappa shape index (κ1) is 13.4. The van der Waals surface area contributed by atoms with E-state index in [2.05, 4.69) is 0 Å². The quantitative estimate of drug-likeness (QED) is 0.513. The molecule has 0 fully saturated rings. The molecule has 0 bridgehead atoms. The lowest BCUT2D eigenvalue weighted by Crippen LogP contribution is -2.16. The Labute approximate surface area is 85.1 Å². The highest BCUT2D eigenvalue weighted by molar-refractivity contribution is 5.69. The lowest BCUT2D eigenvalue weighted by Gasteiger charge is -2.12. The molecule has 4 heteroatoms. The summed E-state index contributed by atoms with van der Waals surface area (Å²) in [5.74, 6) is -1.08. The zero-order valence-corrected chi connectivity index (χ0v) is 8.78. The van der Waals surface area contributed by atoms with Gasteiger partial charge in [-0.15, -0.1) is 0 Å². The number of aliphatic carboxylic acids is 1. The fraction of sp³-hybridized carbons (Fsp3) is 0.900. The summed E-state index contributed by atoms with van der Waals surface area (Å²) < 4.78 is 0. The zero-order valence-electron chi connectivity index (χ0n) is 8.78. The third-order valence-corrected chi connectivity index (χ3v) is 2.29. The molecule has 0 heterocycles. The smallest absolute Gasteiger partial charge is 0.306 e. The van der Waals surface area contributed by atoms with Crippen LogP contribution in [0.4, 0.5) is 0 Å². The fourth-order valence-corrected chi connectivity index (χ4v) is 1.37. The molecule has 4 nitrogen and oxygen atoms in total. The lowest BCUT2D eigenvalue weighted by atomic mass is 9.95. The number of rotatable bonds is 8. The standard InChI is InChI=1S/C10H21NO3/c1-8(12)5-6-9(10(13)14)4-2-3-7-11/h8-9,12H,2-7,11H2,1H3,(H,13,14). The van der Waals surface area contributed by atoms with Crippen molar-refractivity contribution >= 4 is 5.97 Å². The maximum Gasteiger partial charge on any atom is 0.306 e. The highest BCUT2D eigenvalue weighted by atomic mass is 16.4. The molecule has 0 rings (SSSR count). The molecule has 0 amide bonds. The molecule has 2 unspecified atom stereocenters. The van der Waals surface area contributed by atoms with Gasteiger partial charge in [-0.1, -0.05) is 6.42 Å². The van der Waals surface area contributed by atoms with E-state index in [1.54, 1.807) is 6.92 Å². The first-order chi connectivity index (χ1) is 6.57. The van der Waals surface area contributed by atoms with Crippen LogP contribution in [0.5, 0.6) is 0 Å². The molecule has 0 aliphatic rings. The largest absolute Gasteiger partial charge is 0.481 e. The van der Waals surface area contributed by atoms with Gasteiger partial charge in [-0.2, -0.15) is 0 Å². The van der Waals surface area contributed by atoms with Crippen molar-refractivity contribution in [3.63, 3.8) is 0 Å². The van der Waals surface area contributed by atoms with Gasteiger partial charge in [-0.3, -0.25) is 4.79 Å². The van der Waals surface area contributed by atoms with E-state index >= 15 is 0 Å². The van der Waals surface area contributed by atoms with Crippen LogP contribution >= 0.6 is 0 Å². The molecule has 0 aromatic heterocycles. The van der Waals surface area contributed by atoms with Gasteiger partial charge in [0.05, 0.1) is 12.0 Å². The Morgan fingerprint density at radius 1 is 1.29 bits per heavy atom. The highest BCUT2D eigenvalue weighted by Gasteiger charge is 2.17. The Kier molecular flexibility index (Phi) is 7.42. The third kappa shape index (κ3) is 6.86. The minimum atomic E-state index is -0.761. The van der Waals surface area contributed by atoms with Crippen molar-refractivity contribution in [1.82, 2.24) is 0 Å². The van der Waals surface area contributed by atoms with Gasteiger partial charge in [0, 0.05) is 0 Å². The number of aliphatic hydroxyl groups is 1. The minimum Gasteiger partial charge on any atom is -0.481 e. The van der Waals surface area contributed by atoms with E-state index in [0.717, 1.165) is 12.8 Å². The van der Waals surface area contributed by atoms with Crippen molar-refractivity contribution in [3.8, 4) is 0 Å². The minimum absolute atomic E-state index is 0.323. The molecule has 0 aromatic carbocycles. The summed E-state index contributed by atoms with van der Waals surface area (Å²) in [5.41, 5.74) is 5.33. The number of nitrogens with two attached hydrogens (primary N) is 1. The van der Waals surface area contributed by atoms with Gasteiger partial charge in [-0.05, 0) is 39.2 Å². The normalized spacial score (nSPS) is 15.1. The second-order valence-electron chi connectivity index (χ2n) is 3.75. The van der Waals surface area contributed by atoms with Crippen LogP contribution in [0, 0.1) is 5.92 Å². The summed E-state index contributed by atoms with van der Waals surface area (Å²) in [6.07, 6.45) is 3.09. The van der Waals surface area contributed by atoms with Gasteiger partial charge >= 0.3 is 5.97 Å². The summed E-state index contributed by atoms with van der Waals surface area (Å²) in [6.45, 7) is 2.29. The van der Waals surface area contributed by atoms with E-state index in [1.165, 1.54) is 0 Å². The van der Waals surface area contributed by atoms with Crippen molar-refractivity contribution in [1.29, 1.82) is 0 Å². The number of carboxylic acid groups (broad SMARTS) is 1. The fourth-order valence-electron chi connectivity index (χ4n) is 1.37. The summed E-state index contributed by atoms with van der Waals surface area (Å²) in [4.78, 5) is 10.8. The summed E-state index contributed by atoms with van der Waals surface area (Å²) >= 11 is 0. The molecular formula is C10H21NO3.